The summed E-state index contributed by atoms with van der Waals surface area (Å²) >= 11 is 1.40. The molecule has 0 unspecified atom stereocenters. The largest absolute Gasteiger partial charge is 0.497 e. The van der Waals surface area contributed by atoms with Gasteiger partial charge in [-0.3, -0.25) is 0 Å². The first-order valence-electron chi connectivity index (χ1n) is 10.1. The Morgan fingerprint density at radius 3 is 2.50 bits per heavy atom. The molecule has 0 aliphatic carbocycles. The predicted molar refractivity (Wildman–Crippen MR) is 127 cm³/mol. The molecule has 2 aromatic rings. The van der Waals surface area contributed by atoms with Crippen LogP contribution in [0.2, 0.25) is 0 Å². The third-order valence-electron chi connectivity index (χ3n) is 5.14. The lowest BCUT2D eigenvalue weighted by atomic mass is 10.1. The molecular weight excluding hydrogens is 424 g/mol. The zero-order valence-corrected chi connectivity index (χ0v) is 19.4. The Balaban J connectivity index is 1.58. The lowest BCUT2D eigenvalue weighted by Crippen LogP contribution is -2.10. The molecule has 0 fully saturated rings. The van der Waals surface area contributed by atoms with Gasteiger partial charge < -0.3 is 24.7 Å². The van der Waals surface area contributed by atoms with E-state index in [0.717, 1.165) is 29.4 Å². The number of aromatic nitrogens is 4. The van der Waals surface area contributed by atoms with Gasteiger partial charge in [-0.05, 0) is 54.1 Å². The van der Waals surface area contributed by atoms with Crippen LogP contribution in [0.4, 0.5) is 11.5 Å². The normalized spacial score (nSPS) is 11.0. The summed E-state index contributed by atoms with van der Waals surface area (Å²) in [4.78, 5) is 16.6. The molecule has 32 heavy (non-hydrogen) atoms. The molecule has 0 atom stereocenters. The SMILES string of the molecule is COc1ccc(OC)c(Sc2nc3c(N)ncn(CCc4ccc(N(C)C)cc4)c-3n2)c1. The second-order valence-electron chi connectivity index (χ2n) is 7.43. The molecule has 2 aromatic carbocycles. The topological polar surface area (TPSA) is 91.3 Å². The first-order chi connectivity index (χ1) is 15.5. The number of rotatable bonds is 8. The summed E-state index contributed by atoms with van der Waals surface area (Å²) in [5, 5.41) is 0.579. The number of methoxy groups -OCH3 is 2. The van der Waals surface area contributed by atoms with Crippen LogP contribution < -0.4 is 20.1 Å². The number of nitrogens with zero attached hydrogens (tertiary/aromatic N) is 5. The lowest BCUT2D eigenvalue weighted by Gasteiger charge is -2.14. The van der Waals surface area contributed by atoms with Crippen molar-refractivity contribution in [3.63, 3.8) is 0 Å². The highest BCUT2D eigenvalue weighted by Crippen LogP contribution is 2.38. The van der Waals surface area contributed by atoms with Gasteiger partial charge in [0, 0.05) is 26.3 Å². The average molecular weight is 451 g/mol. The van der Waals surface area contributed by atoms with Gasteiger partial charge in [0.05, 0.1) is 25.4 Å². The highest BCUT2D eigenvalue weighted by Gasteiger charge is 2.20. The number of fused-ring (bicyclic) bond motifs is 1. The van der Waals surface area contributed by atoms with E-state index in [1.165, 1.54) is 23.0 Å². The number of hydrogen-bond donors (Lipinski definition) is 1. The molecule has 2 heterocycles. The van der Waals surface area contributed by atoms with E-state index in [4.69, 9.17) is 20.2 Å². The summed E-state index contributed by atoms with van der Waals surface area (Å²) in [5.41, 5.74) is 9.11. The number of benzene rings is 2. The fourth-order valence-corrected chi connectivity index (χ4v) is 4.21. The third-order valence-corrected chi connectivity index (χ3v) is 6.04. The maximum absolute atomic E-state index is 6.10. The van der Waals surface area contributed by atoms with Crippen LogP contribution in [0.15, 0.2) is 58.8 Å². The molecule has 0 saturated heterocycles. The molecule has 0 amide bonds. The van der Waals surface area contributed by atoms with Gasteiger partial charge in [-0.25, -0.2) is 15.0 Å². The number of hydrogen-bond acceptors (Lipinski definition) is 8. The van der Waals surface area contributed by atoms with Crippen molar-refractivity contribution in [2.45, 2.75) is 23.0 Å². The van der Waals surface area contributed by atoms with Crippen LogP contribution in [0.1, 0.15) is 5.56 Å². The quantitative estimate of drug-likeness (QED) is 0.433. The van der Waals surface area contributed by atoms with Crippen molar-refractivity contribution in [3.8, 4) is 23.0 Å². The van der Waals surface area contributed by atoms with Gasteiger partial charge in [0.2, 0.25) is 0 Å². The van der Waals surface area contributed by atoms with E-state index in [-0.39, 0.29) is 0 Å². The molecule has 0 radical (unpaired) electrons. The van der Waals surface area contributed by atoms with Crippen LogP contribution in [0.3, 0.4) is 0 Å². The molecule has 2 aliphatic heterocycles. The Hall–Kier alpha value is -3.46. The summed E-state index contributed by atoms with van der Waals surface area (Å²) < 4.78 is 12.8. The van der Waals surface area contributed by atoms with Crippen molar-refractivity contribution in [2.24, 2.45) is 0 Å². The van der Waals surface area contributed by atoms with E-state index in [1.807, 2.05) is 36.9 Å². The standard InChI is InChI=1S/C23H26N6O2S/c1-28(2)16-7-5-15(6-8-16)11-12-29-14-25-21(24)20-22(29)27-23(26-20)32-19-13-17(30-3)9-10-18(19)31-4/h5-10,13-14H,11-12,24H2,1-4H3. The number of aryl methyl sites for hydroxylation is 2. The molecule has 8 nitrogen and oxygen atoms in total. The van der Waals surface area contributed by atoms with Crippen molar-refractivity contribution in [2.75, 3.05) is 38.9 Å². The van der Waals surface area contributed by atoms with E-state index in [9.17, 15) is 0 Å². The number of nitrogen functional groups attached to an aromatic ring is 1. The predicted octanol–water partition coefficient (Wildman–Crippen LogP) is 3.84. The van der Waals surface area contributed by atoms with Crippen LogP contribution in [0.25, 0.3) is 11.5 Å². The zero-order valence-electron chi connectivity index (χ0n) is 18.6. The minimum Gasteiger partial charge on any atom is -0.497 e. The smallest absolute Gasteiger partial charge is 0.195 e. The Bertz CT molecular complexity index is 1180. The van der Waals surface area contributed by atoms with E-state index in [1.54, 1.807) is 20.5 Å². The van der Waals surface area contributed by atoms with Gasteiger partial charge in [0.15, 0.2) is 22.5 Å². The lowest BCUT2D eigenvalue weighted by molar-refractivity contribution is 0.394. The summed E-state index contributed by atoms with van der Waals surface area (Å²) in [6, 6.07) is 14.1. The Morgan fingerprint density at radius 1 is 1.03 bits per heavy atom. The van der Waals surface area contributed by atoms with Gasteiger partial charge in [0.25, 0.3) is 0 Å². The van der Waals surface area contributed by atoms with Crippen molar-refractivity contribution in [3.05, 3.63) is 54.4 Å². The Kier molecular flexibility index (Phi) is 6.36. The maximum Gasteiger partial charge on any atom is 0.195 e. The van der Waals surface area contributed by atoms with Crippen LogP contribution in [0, 0.1) is 0 Å². The van der Waals surface area contributed by atoms with Crippen LogP contribution in [0.5, 0.6) is 11.5 Å². The average Bonchev–Trinajstić information content (AvgIpc) is 3.23. The van der Waals surface area contributed by atoms with Gasteiger partial charge in [-0.1, -0.05) is 12.1 Å². The molecule has 9 heteroatoms. The van der Waals surface area contributed by atoms with Gasteiger partial charge >= 0.3 is 0 Å². The molecule has 2 N–H and O–H groups in total. The maximum atomic E-state index is 6.10. The number of imidazole rings is 1. The molecular formula is C23H26N6O2S. The van der Waals surface area contributed by atoms with Crippen LogP contribution >= 0.6 is 11.8 Å². The molecule has 0 aromatic heterocycles. The summed E-state index contributed by atoms with van der Waals surface area (Å²) in [5.74, 6) is 2.54. The monoisotopic (exact) mass is 450 g/mol. The molecule has 0 saturated carbocycles. The first-order valence-corrected chi connectivity index (χ1v) is 10.9. The van der Waals surface area contributed by atoms with E-state index < -0.39 is 0 Å². The Labute approximate surface area is 191 Å². The molecule has 0 spiro atoms. The molecule has 0 bridgehead atoms. The zero-order chi connectivity index (χ0) is 22.7. The molecule has 166 valence electrons. The first kappa shape index (κ1) is 21.8. The summed E-state index contributed by atoms with van der Waals surface area (Å²) in [7, 11) is 7.33. The van der Waals surface area contributed by atoms with E-state index in [0.29, 0.717) is 22.5 Å². The van der Waals surface area contributed by atoms with Crippen molar-refractivity contribution >= 4 is 23.3 Å². The van der Waals surface area contributed by atoms with Crippen molar-refractivity contribution < 1.29 is 9.47 Å². The van der Waals surface area contributed by atoms with E-state index >= 15 is 0 Å². The molecule has 2 aliphatic rings. The van der Waals surface area contributed by atoms with Gasteiger partial charge in [-0.2, -0.15) is 0 Å². The number of ether oxygens (including phenoxy) is 2. The second-order valence-corrected chi connectivity index (χ2v) is 8.44. The highest BCUT2D eigenvalue weighted by molar-refractivity contribution is 7.99. The third kappa shape index (κ3) is 4.57. The van der Waals surface area contributed by atoms with Crippen molar-refractivity contribution in [1.29, 1.82) is 0 Å². The number of nitrogens with two attached hydrogens (primary N) is 1. The minimum absolute atomic E-state index is 0.364. The Morgan fingerprint density at radius 2 is 1.81 bits per heavy atom. The van der Waals surface area contributed by atoms with Gasteiger partial charge in [-0.15, -0.1) is 0 Å². The van der Waals surface area contributed by atoms with Crippen LogP contribution in [-0.4, -0.2) is 47.8 Å². The van der Waals surface area contributed by atoms with Gasteiger partial charge in [0.1, 0.15) is 11.5 Å². The summed E-state index contributed by atoms with van der Waals surface area (Å²) in [6.45, 7) is 0.719. The minimum atomic E-state index is 0.364. The van der Waals surface area contributed by atoms with Crippen LogP contribution in [-0.2, 0) is 13.0 Å². The second kappa shape index (κ2) is 9.35. The highest BCUT2D eigenvalue weighted by atomic mass is 32.2. The fourth-order valence-electron chi connectivity index (χ4n) is 3.32. The fraction of sp³-hybridized carbons (Fsp3) is 0.261. The molecule has 4 rings (SSSR count). The number of anilines is 2. The van der Waals surface area contributed by atoms with E-state index in [2.05, 4.69) is 39.1 Å². The summed E-state index contributed by atoms with van der Waals surface area (Å²) in [6.07, 6.45) is 2.57. The van der Waals surface area contributed by atoms with Crippen molar-refractivity contribution in [1.82, 2.24) is 19.5 Å².